The van der Waals surface area contributed by atoms with Crippen molar-refractivity contribution < 1.29 is 15.0 Å². The van der Waals surface area contributed by atoms with Crippen LogP contribution in [0.3, 0.4) is 0 Å². The van der Waals surface area contributed by atoms with Crippen molar-refractivity contribution in [3.63, 3.8) is 0 Å². The van der Waals surface area contributed by atoms with E-state index in [4.69, 9.17) is 10.2 Å². The zero-order valence-corrected chi connectivity index (χ0v) is 6.87. The zero-order valence-electron chi connectivity index (χ0n) is 6.87. The lowest BCUT2D eigenvalue weighted by Crippen LogP contribution is -2.38. The maximum absolute atomic E-state index is 10.5. The number of hydrogen-bond donors (Lipinski definition) is 3. The largest absolute Gasteiger partial charge is 0.480 e. The van der Waals surface area contributed by atoms with Gasteiger partial charge in [0.1, 0.15) is 6.04 Å². The van der Waals surface area contributed by atoms with E-state index in [-0.39, 0.29) is 6.73 Å². The maximum Gasteiger partial charge on any atom is 0.320 e. The average Bonchev–Trinajstić information content (AvgIpc) is 1.86. The Kier molecular flexibility index (Phi) is 4.81. The van der Waals surface area contributed by atoms with Gasteiger partial charge in [-0.25, -0.2) is 0 Å². The zero-order chi connectivity index (χ0) is 8.85. The van der Waals surface area contributed by atoms with Crippen LogP contribution in [0.25, 0.3) is 0 Å². The number of hydrogen-bond acceptors (Lipinski definition) is 3. The lowest BCUT2D eigenvalue weighted by molar-refractivity contribution is -0.140. The molecule has 0 saturated heterocycles. The number of aliphatic carboxylic acids is 1. The second-order valence-corrected chi connectivity index (χ2v) is 2.88. The van der Waals surface area contributed by atoms with Crippen molar-refractivity contribution in [2.24, 2.45) is 5.92 Å². The molecule has 1 unspecified atom stereocenters. The minimum atomic E-state index is -0.909. The summed E-state index contributed by atoms with van der Waals surface area (Å²) in [6.07, 6.45) is 0.538. The molecule has 0 aliphatic heterocycles. The molecule has 0 aliphatic rings. The van der Waals surface area contributed by atoms with Crippen molar-refractivity contribution in [2.45, 2.75) is 26.3 Å². The first-order valence-electron chi connectivity index (χ1n) is 3.65. The Hall–Kier alpha value is -0.610. The predicted molar refractivity (Wildman–Crippen MR) is 41.1 cm³/mol. The Labute approximate surface area is 66.2 Å². The van der Waals surface area contributed by atoms with Gasteiger partial charge in [0.15, 0.2) is 0 Å². The van der Waals surface area contributed by atoms with Crippen LogP contribution in [0, 0.1) is 5.92 Å². The molecule has 0 heterocycles. The molecule has 4 nitrogen and oxygen atoms in total. The number of nitrogens with one attached hydrogen (secondary N) is 1. The first-order valence-corrected chi connectivity index (χ1v) is 3.65. The normalized spacial score (nSPS) is 13.5. The van der Waals surface area contributed by atoms with Crippen molar-refractivity contribution in [2.75, 3.05) is 6.73 Å². The van der Waals surface area contributed by atoms with Gasteiger partial charge in [-0.2, -0.15) is 0 Å². The number of rotatable bonds is 5. The highest BCUT2D eigenvalue weighted by Crippen LogP contribution is 2.03. The van der Waals surface area contributed by atoms with Crippen LogP contribution in [0.1, 0.15) is 20.3 Å². The quantitative estimate of drug-likeness (QED) is 0.497. The Morgan fingerprint density at radius 1 is 1.55 bits per heavy atom. The first-order chi connectivity index (χ1) is 5.07. The second kappa shape index (κ2) is 5.09. The molecule has 0 aromatic heterocycles. The van der Waals surface area contributed by atoms with Crippen LogP contribution in [0.2, 0.25) is 0 Å². The molecule has 11 heavy (non-hydrogen) atoms. The van der Waals surface area contributed by atoms with Crippen molar-refractivity contribution >= 4 is 5.97 Å². The van der Waals surface area contributed by atoms with Gasteiger partial charge in [0.2, 0.25) is 0 Å². The van der Waals surface area contributed by atoms with Crippen molar-refractivity contribution in [1.29, 1.82) is 0 Å². The molecule has 1 atom stereocenters. The van der Waals surface area contributed by atoms with Crippen molar-refractivity contribution in [1.82, 2.24) is 5.32 Å². The fourth-order valence-electron chi connectivity index (χ4n) is 0.853. The van der Waals surface area contributed by atoms with Gasteiger partial charge in [-0.05, 0) is 12.3 Å². The van der Waals surface area contributed by atoms with Gasteiger partial charge in [-0.3, -0.25) is 10.1 Å². The van der Waals surface area contributed by atoms with Gasteiger partial charge in [-0.1, -0.05) is 13.8 Å². The first kappa shape index (κ1) is 10.4. The van der Waals surface area contributed by atoms with Gasteiger partial charge in [-0.15, -0.1) is 0 Å². The average molecular weight is 161 g/mol. The lowest BCUT2D eigenvalue weighted by Gasteiger charge is -2.14. The molecule has 0 spiro atoms. The number of aliphatic hydroxyl groups excluding tert-OH is 1. The van der Waals surface area contributed by atoms with Gasteiger partial charge in [0.25, 0.3) is 0 Å². The van der Waals surface area contributed by atoms with Crippen LogP contribution >= 0.6 is 0 Å². The summed E-state index contributed by atoms with van der Waals surface area (Å²) in [6, 6.07) is -0.625. The third-order valence-corrected chi connectivity index (χ3v) is 1.34. The fraction of sp³-hybridized carbons (Fsp3) is 0.857. The lowest BCUT2D eigenvalue weighted by atomic mass is 10.0. The summed E-state index contributed by atoms with van der Waals surface area (Å²) < 4.78 is 0. The molecular weight excluding hydrogens is 146 g/mol. The topological polar surface area (TPSA) is 69.6 Å². The molecule has 66 valence electrons. The summed E-state index contributed by atoms with van der Waals surface area (Å²) in [4.78, 5) is 10.5. The van der Waals surface area contributed by atoms with Crippen molar-refractivity contribution in [3.8, 4) is 0 Å². The van der Waals surface area contributed by atoms with E-state index in [2.05, 4.69) is 5.32 Å². The van der Waals surface area contributed by atoms with E-state index in [1.54, 1.807) is 0 Å². The van der Waals surface area contributed by atoms with E-state index in [9.17, 15) is 4.79 Å². The summed E-state index contributed by atoms with van der Waals surface area (Å²) in [5, 5.41) is 19.5. The molecule has 3 N–H and O–H groups in total. The molecule has 0 aromatic rings. The third kappa shape index (κ3) is 4.75. The molecule has 0 aromatic carbocycles. The number of aliphatic hydroxyl groups is 1. The minimum absolute atomic E-state index is 0.288. The third-order valence-electron chi connectivity index (χ3n) is 1.34. The molecular formula is C7H15NO3. The van der Waals surface area contributed by atoms with Gasteiger partial charge in [0, 0.05) is 0 Å². The Bertz CT molecular complexity index is 125. The summed E-state index contributed by atoms with van der Waals surface area (Å²) in [5.41, 5.74) is 0. The highest BCUT2D eigenvalue weighted by atomic mass is 16.4. The van der Waals surface area contributed by atoms with E-state index in [0.717, 1.165) is 0 Å². The SMILES string of the molecule is CC(C)CC(NCO)C(=O)O. The van der Waals surface area contributed by atoms with Crippen LogP contribution in [-0.2, 0) is 4.79 Å². The summed E-state index contributed by atoms with van der Waals surface area (Å²) in [5.74, 6) is -0.595. The summed E-state index contributed by atoms with van der Waals surface area (Å²) in [7, 11) is 0. The molecule has 4 heteroatoms. The van der Waals surface area contributed by atoms with E-state index >= 15 is 0 Å². The number of carbonyl (C=O) groups is 1. The van der Waals surface area contributed by atoms with E-state index in [0.29, 0.717) is 12.3 Å². The monoisotopic (exact) mass is 161 g/mol. The van der Waals surface area contributed by atoms with Crippen LogP contribution in [-0.4, -0.2) is 29.0 Å². The Morgan fingerprint density at radius 2 is 2.09 bits per heavy atom. The summed E-state index contributed by atoms with van der Waals surface area (Å²) >= 11 is 0. The molecule has 0 amide bonds. The van der Waals surface area contributed by atoms with Crippen LogP contribution in [0.15, 0.2) is 0 Å². The highest BCUT2D eigenvalue weighted by molar-refractivity contribution is 5.73. The van der Waals surface area contributed by atoms with Crippen molar-refractivity contribution in [3.05, 3.63) is 0 Å². The van der Waals surface area contributed by atoms with Gasteiger partial charge < -0.3 is 10.2 Å². The Balaban J connectivity index is 3.79. The van der Waals surface area contributed by atoms with Crippen LogP contribution < -0.4 is 5.32 Å². The number of carboxylic acid groups (broad SMARTS) is 1. The van der Waals surface area contributed by atoms with Gasteiger partial charge in [0.05, 0.1) is 6.73 Å². The van der Waals surface area contributed by atoms with Crippen LogP contribution in [0.5, 0.6) is 0 Å². The van der Waals surface area contributed by atoms with E-state index < -0.39 is 12.0 Å². The molecule has 0 fully saturated rings. The fourth-order valence-corrected chi connectivity index (χ4v) is 0.853. The number of carboxylic acids is 1. The molecule has 0 rings (SSSR count). The van der Waals surface area contributed by atoms with E-state index in [1.807, 2.05) is 13.8 Å². The minimum Gasteiger partial charge on any atom is -0.480 e. The maximum atomic E-state index is 10.5. The van der Waals surface area contributed by atoms with Crippen LogP contribution in [0.4, 0.5) is 0 Å². The highest BCUT2D eigenvalue weighted by Gasteiger charge is 2.16. The molecule has 0 saturated carbocycles. The van der Waals surface area contributed by atoms with Gasteiger partial charge >= 0.3 is 5.97 Å². The molecule has 0 radical (unpaired) electrons. The Morgan fingerprint density at radius 3 is 2.36 bits per heavy atom. The van der Waals surface area contributed by atoms with E-state index in [1.165, 1.54) is 0 Å². The smallest absolute Gasteiger partial charge is 0.320 e. The standard InChI is InChI=1S/C7H15NO3/c1-5(2)3-6(7(10)11)8-4-9/h5-6,8-9H,3-4H2,1-2H3,(H,10,11). The molecule has 0 bridgehead atoms. The summed E-state index contributed by atoms with van der Waals surface area (Å²) in [6.45, 7) is 3.59. The predicted octanol–water partition coefficient (Wildman–Crippen LogP) is 0.0251. The molecule has 0 aliphatic carbocycles. The second-order valence-electron chi connectivity index (χ2n) is 2.88.